The van der Waals surface area contributed by atoms with Crippen molar-refractivity contribution in [2.75, 3.05) is 38.4 Å². The van der Waals surface area contributed by atoms with Crippen LogP contribution in [-0.4, -0.2) is 68.2 Å². The Labute approximate surface area is 208 Å². The molecule has 0 rings (SSSR count). The number of rotatable bonds is 5. The van der Waals surface area contributed by atoms with Crippen molar-refractivity contribution in [3.63, 3.8) is 0 Å². The van der Waals surface area contributed by atoms with Crippen LogP contribution < -0.4 is 0 Å². The topological polar surface area (TPSA) is 132 Å². The Hall–Kier alpha value is -2.07. The third-order valence-corrected chi connectivity index (χ3v) is 1.74. The maximum absolute atomic E-state index is 9.82. The largest absolute Gasteiger partial charge is 0.466 e. The van der Waals surface area contributed by atoms with Crippen molar-refractivity contribution in [3.05, 3.63) is 0 Å². The van der Waals surface area contributed by atoms with Gasteiger partial charge in [0.25, 0.3) is 0 Å². The van der Waals surface area contributed by atoms with Crippen molar-refractivity contribution in [3.8, 4) is 0 Å². The molecule has 0 fully saturated rings. The van der Waals surface area contributed by atoms with Crippen LogP contribution in [0.2, 0.25) is 0 Å². The van der Waals surface area contributed by atoms with Gasteiger partial charge in [0.2, 0.25) is 0 Å². The molecular formula is C21H42Cl2O10. The van der Waals surface area contributed by atoms with E-state index in [4.69, 9.17) is 23.2 Å². The van der Waals surface area contributed by atoms with Crippen LogP contribution in [-0.2, 0) is 47.7 Å². The van der Waals surface area contributed by atoms with E-state index in [1.54, 1.807) is 34.6 Å². The second-order valence-electron chi connectivity index (χ2n) is 4.72. The predicted molar refractivity (Wildman–Crippen MR) is 128 cm³/mol. The molecule has 0 aromatic carbocycles. The van der Waals surface area contributed by atoms with Crippen LogP contribution >= 0.6 is 23.2 Å². The second-order valence-corrected chi connectivity index (χ2v) is 5.53. The van der Waals surface area contributed by atoms with E-state index in [1.807, 2.05) is 0 Å². The third kappa shape index (κ3) is 140. The van der Waals surface area contributed by atoms with Crippen molar-refractivity contribution < 1.29 is 47.7 Å². The first-order valence-corrected chi connectivity index (χ1v) is 11.1. The van der Waals surface area contributed by atoms with Gasteiger partial charge in [-0.1, -0.05) is 0 Å². The van der Waals surface area contributed by atoms with Crippen molar-refractivity contribution in [2.24, 2.45) is 0 Å². The van der Waals surface area contributed by atoms with E-state index in [9.17, 15) is 24.0 Å². The lowest BCUT2D eigenvalue weighted by molar-refractivity contribution is -0.141. The molecule has 0 atom stereocenters. The molecule has 12 heteroatoms. The number of hydrogen-bond acceptors (Lipinski definition) is 10. The SMILES string of the molecule is CCOC(C)=O.CCOC(C)=O.CCOC(C)=O.CCOC(C)=O.CCOC(C)=O.ClCCl. The Morgan fingerprint density at radius 3 is 0.515 bits per heavy atom. The lowest BCUT2D eigenvalue weighted by Crippen LogP contribution is -1.95. The van der Waals surface area contributed by atoms with Crippen molar-refractivity contribution in [1.82, 2.24) is 0 Å². The van der Waals surface area contributed by atoms with E-state index >= 15 is 0 Å². The number of alkyl halides is 2. The minimum absolute atomic E-state index is 0.194. The lowest BCUT2D eigenvalue weighted by Gasteiger charge is -1.89. The van der Waals surface area contributed by atoms with Gasteiger partial charge in [0.1, 0.15) is 0 Å². The highest BCUT2D eigenvalue weighted by Gasteiger charge is 1.83. The standard InChI is InChI=1S/5C4H8O2.CH2Cl2/c5*1-3-6-4(2)5;2-1-3/h5*3H2,1-2H3;1H2. The predicted octanol–water partition coefficient (Wildman–Crippen LogP) is 4.27. The molecule has 0 radical (unpaired) electrons. The molecule has 0 N–H and O–H groups in total. The first kappa shape index (κ1) is 44.6. The summed E-state index contributed by atoms with van der Waals surface area (Å²) in [5.41, 5.74) is 0. The van der Waals surface area contributed by atoms with E-state index in [0.29, 0.717) is 33.0 Å². The Balaban J connectivity index is -0.0000000670. The van der Waals surface area contributed by atoms with Gasteiger partial charge in [0, 0.05) is 34.6 Å². The van der Waals surface area contributed by atoms with Crippen LogP contribution in [0.4, 0.5) is 0 Å². The lowest BCUT2D eigenvalue weighted by atomic mass is 10.8. The summed E-state index contributed by atoms with van der Waals surface area (Å²) >= 11 is 9.53. The first-order valence-electron chi connectivity index (χ1n) is 10.1. The molecule has 33 heavy (non-hydrogen) atoms. The fraction of sp³-hybridized carbons (Fsp3) is 0.762. The zero-order valence-electron chi connectivity index (χ0n) is 21.6. The van der Waals surface area contributed by atoms with Crippen LogP contribution in [0.5, 0.6) is 0 Å². The summed E-state index contributed by atoms with van der Waals surface area (Å²) in [4.78, 5) is 49.1. The number of hydrogen-bond donors (Lipinski definition) is 0. The molecule has 0 spiro atoms. The van der Waals surface area contributed by atoms with Gasteiger partial charge in [-0.2, -0.15) is 0 Å². The minimum Gasteiger partial charge on any atom is -0.466 e. The highest BCUT2D eigenvalue weighted by Crippen LogP contribution is 1.73. The first-order chi connectivity index (χ1) is 15.3. The highest BCUT2D eigenvalue weighted by atomic mass is 35.5. The van der Waals surface area contributed by atoms with Gasteiger partial charge in [0.15, 0.2) is 0 Å². The summed E-state index contributed by atoms with van der Waals surface area (Å²) in [5, 5.41) is 0.194. The molecular weight excluding hydrogens is 483 g/mol. The van der Waals surface area contributed by atoms with Gasteiger partial charge in [0.05, 0.1) is 38.4 Å². The maximum Gasteiger partial charge on any atom is 0.302 e. The number of ether oxygens (including phenoxy) is 5. The average Bonchev–Trinajstić information content (AvgIpc) is 2.64. The summed E-state index contributed by atoms with van der Waals surface area (Å²) in [7, 11) is 0. The summed E-state index contributed by atoms with van der Waals surface area (Å²) in [6.45, 7) is 18.3. The van der Waals surface area contributed by atoms with Crippen LogP contribution in [0.3, 0.4) is 0 Å². The fourth-order valence-electron chi connectivity index (χ4n) is 1.02. The molecule has 0 saturated heterocycles. The van der Waals surface area contributed by atoms with Gasteiger partial charge in [-0.3, -0.25) is 24.0 Å². The fourth-order valence-corrected chi connectivity index (χ4v) is 1.02. The van der Waals surface area contributed by atoms with Gasteiger partial charge in [-0.05, 0) is 34.6 Å². The van der Waals surface area contributed by atoms with E-state index < -0.39 is 0 Å². The molecule has 0 unspecified atom stereocenters. The number of halogens is 2. The Bertz CT molecular complexity index is 365. The summed E-state index contributed by atoms with van der Waals surface area (Å²) in [6.07, 6.45) is 0. The van der Waals surface area contributed by atoms with Crippen molar-refractivity contribution in [1.29, 1.82) is 0 Å². The zero-order valence-corrected chi connectivity index (χ0v) is 23.1. The molecule has 0 bridgehead atoms. The summed E-state index contributed by atoms with van der Waals surface area (Å²) < 4.78 is 22.0. The average molecular weight is 525 g/mol. The zero-order chi connectivity index (χ0) is 27.7. The van der Waals surface area contributed by atoms with Gasteiger partial charge >= 0.3 is 29.8 Å². The third-order valence-electron chi connectivity index (χ3n) is 1.74. The molecule has 0 aliphatic heterocycles. The van der Waals surface area contributed by atoms with E-state index in [-0.39, 0.29) is 35.2 Å². The van der Waals surface area contributed by atoms with Gasteiger partial charge < -0.3 is 23.7 Å². The smallest absolute Gasteiger partial charge is 0.302 e. The Morgan fingerprint density at radius 2 is 0.515 bits per heavy atom. The second kappa shape index (κ2) is 43.7. The van der Waals surface area contributed by atoms with E-state index in [0.717, 1.165) is 0 Å². The molecule has 200 valence electrons. The molecule has 0 aliphatic rings. The van der Waals surface area contributed by atoms with Gasteiger partial charge in [-0.15, -0.1) is 23.2 Å². The maximum atomic E-state index is 9.82. The minimum atomic E-state index is -0.211. The number of esters is 5. The molecule has 10 nitrogen and oxygen atoms in total. The van der Waals surface area contributed by atoms with E-state index in [2.05, 4.69) is 23.7 Å². The molecule has 0 aromatic heterocycles. The highest BCUT2D eigenvalue weighted by molar-refractivity contribution is 6.40. The van der Waals surface area contributed by atoms with Crippen LogP contribution in [0.15, 0.2) is 0 Å². The van der Waals surface area contributed by atoms with E-state index in [1.165, 1.54) is 34.6 Å². The Kier molecular flexibility index (Phi) is 59.1. The van der Waals surface area contributed by atoms with Gasteiger partial charge in [-0.25, -0.2) is 0 Å². The molecule has 0 heterocycles. The molecule has 0 aromatic rings. The quantitative estimate of drug-likeness (QED) is 0.291. The molecule has 0 amide bonds. The van der Waals surface area contributed by atoms with Crippen molar-refractivity contribution in [2.45, 2.75) is 69.2 Å². The molecule has 0 aliphatic carbocycles. The van der Waals surface area contributed by atoms with Crippen LogP contribution in [0.1, 0.15) is 69.2 Å². The number of carbonyl (C=O) groups is 5. The monoisotopic (exact) mass is 524 g/mol. The number of carbonyl (C=O) groups excluding carboxylic acids is 5. The van der Waals surface area contributed by atoms with Crippen molar-refractivity contribution >= 4 is 53.0 Å². The Morgan fingerprint density at radius 1 is 0.424 bits per heavy atom. The summed E-state index contributed by atoms with van der Waals surface area (Å²) in [5.74, 6) is -1.05. The summed E-state index contributed by atoms with van der Waals surface area (Å²) in [6, 6.07) is 0. The molecule has 0 saturated carbocycles. The van der Waals surface area contributed by atoms with Crippen LogP contribution in [0, 0.1) is 0 Å². The normalized spacial score (nSPS) is 7.52. The van der Waals surface area contributed by atoms with Crippen LogP contribution in [0.25, 0.3) is 0 Å².